The van der Waals surface area contributed by atoms with Crippen molar-refractivity contribution in [3.8, 4) is 0 Å². The number of methoxy groups -OCH3 is 1. The van der Waals surface area contributed by atoms with Gasteiger partial charge in [0, 0.05) is 13.2 Å². The molecule has 0 radical (unpaired) electrons. The van der Waals surface area contributed by atoms with Crippen LogP contribution in [0.15, 0.2) is 17.1 Å². The van der Waals surface area contributed by atoms with Crippen molar-refractivity contribution in [2.45, 2.75) is 25.2 Å². The SMILES string of the molecule is CNC(=O)CSP(=O)(NCC(=O)OC)OC[C@@H]1CC[C@H](n2ccc(N)nc2=O)O1. The van der Waals surface area contributed by atoms with Crippen LogP contribution in [0.25, 0.3) is 0 Å². The largest absolute Gasteiger partial charge is 0.468 e. The summed E-state index contributed by atoms with van der Waals surface area (Å²) in [5.74, 6) is -0.967. The van der Waals surface area contributed by atoms with Crippen LogP contribution in [0.2, 0.25) is 0 Å². The molecular formula is C15H24N5O7PS. The molecule has 0 aromatic carbocycles. The number of hydrogen-bond acceptors (Lipinski definition) is 10. The molecule has 1 aliphatic rings. The van der Waals surface area contributed by atoms with E-state index >= 15 is 0 Å². The first-order chi connectivity index (χ1) is 13.8. The second-order valence-electron chi connectivity index (χ2n) is 5.98. The predicted octanol–water partition coefficient (Wildman–Crippen LogP) is -0.130. The highest BCUT2D eigenvalue weighted by atomic mass is 32.7. The molecule has 1 aliphatic heterocycles. The lowest BCUT2D eigenvalue weighted by Crippen LogP contribution is -2.28. The number of nitrogens with one attached hydrogen (secondary N) is 2. The summed E-state index contributed by atoms with van der Waals surface area (Å²) in [7, 11) is 2.66. The van der Waals surface area contributed by atoms with Gasteiger partial charge < -0.3 is 25.0 Å². The second-order valence-corrected chi connectivity index (χ2v) is 10.3. The number of nitrogen functional groups attached to an aromatic ring is 1. The van der Waals surface area contributed by atoms with Crippen molar-refractivity contribution in [1.29, 1.82) is 0 Å². The molecule has 29 heavy (non-hydrogen) atoms. The summed E-state index contributed by atoms with van der Waals surface area (Å²) >= 11 is 0.761. The number of aromatic nitrogens is 2. The van der Waals surface area contributed by atoms with E-state index in [0.29, 0.717) is 12.8 Å². The van der Waals surface area contributed by atoms with E-state index in [0.717, 1.165) is 11.4 Å². The summed E-state index contributed by atoms with van der Waals surface area (Å²) < 4.78 is 30.1. The number of carbonyl (C=O) groups excluding carboxylic acids is 2. The molecule has 0 spiro atoms. The Bertz CT molecular complexity index is 812. The van der Waals surface area contributed by atoms with Gasteiger partial charge in [-0.1, -0.05) is 0 Å². The van der Waals surface area contributed by atoms with Gasteiger partial charge in [-0.2, -0.15) is 4.98 Å². The van der Waals surface area contributed by atoms with Gasteiger partial charge >= 0.3 is 18.4 Å². The van der Waals surface area contributed by atoms with Crippen LogP contribution in [0.4, 0.5) is 5.82 Å². The molecule has 4 N–H and O–H groups in total. The third-order valence-electron chi connectivity index (χ3n) is 3.97. The van der Waals surface area contributed by atoms with E-state index in [2.05, 4.69) is 20.1 Å². The average Bonchev–Trinajstić information content (AvgIpc) is 3.17. The molecule has 0 saturated carbocycles. The minimum atomic E-state index is -3.59. The van der Waals surface area contributed by atoms with Crippen LogP contribution in [-0.4, -0.2) is 60.6 Å². The van der Waals surface area contributed by atoms with Gasteiger partial charge in [-0.05, 0) is 30.3 Å². The third kappa shape index (κ3) is 7.12. The monoisotopic (exact) mass is 449 g/mol. The first kappa shape index (κ1) is 23.4. The molecule has 2 rings (SSSR count). The highest BCUT2D eigenvalue weighted by Crippen LogP contribution is 2.56. The predicted molar refractivity (Wildman–Crippen MR) is 106 cm³/mol. The molecule has 1 unspecified atom stereocenters. The average molecular weight is 449 g/mol. The summed E-state index contributed by atoms with van der Waals surface area (Å²) in [6, 6.07) is 1.49. The van der Waals surface area contributed by atoms with Crippen LogP contribution in [0.5, 0.6) is 0 Å². The number of carbonyl (C=O) groups is 2. The number of rotatable bonds is 10. The van der Waals surface area contributed by atoms with E-state index in [1.807, 2.05) is 0 Å². The first-order valence-electron chi connectivity index (χ1n) is 8.68. The van der Waals surface area contributed by atoms with E-state index in [4.69, 9.17) is 15.0 Å². The number of hydrogen-bond donors (Lipinski definition) is 3. The molecule has 0 bridgehead atoms. The van der Waals surface area contributed by atoms with Crippen LogP contribution in [0, 0.1) is 0 Å². The zero-order valence-electron chi connectivity index (χ0n) is 16.0. The molecule has 14 heteroatoms. The molecule has 1 amide bonds. The minimum Gasteiger partial charge on any atom is -0.468 e. The Labute approximate surface area is 171 Å². The molecule has 1 saturated heterocycles. The maximum atomic E-state index is 13.0. The van der Waals surface area contributed by atoms with Crippen LogP contribution in [0.1, 0.15) is 19.1 Å². The van der Waals surface area contributed by atoms with Gasteiger partial charge in [0.15, 0.2) is 0 Å². The smallest absolute Gasteiger partial charge is 0.351 e. The van der Waals surface area contributed by atoms with E-state index in [1.165, 1.54) is 31.0 Å². The summed E-state index contributed by atoms with van der Waals surface area (Å²) in [6.07, 6.45) is 1.62. The third-order valence-corrected chi connectivity index (χ3v) is 7.84. The Morgan fingerprint density at radius 1 is 1.48 bits per heavy atom. The standard InChI is InChI=1S/C15H24N5O7PS/c1-17-12(21)9-29-28(24,18-7-14(22)25-2)26-8-10-3-4-13(27-10)20-6-5-11(16)19-15(20)23/h5-6,10,13H,3-4,7-9H2,1-2H3,(H,17,21)(H,18,24)(H2,16,19,23)/t10-,13+,28?/m0/s1. The number of nitrogens with zero attached hydrogens (tertiary/aromatic N) is 2. The van der Waals surface area contributed by atoms with Crippen molar-refractivity contribution in [3.05, 3.63) is 22.7 Å². The van der Waals surface area contributed by atoms with Gasteiger partial charge in [0.1, 0.15) is 18.6 Å². The quantitative estimate of drug-likeness (QED) is 0.322. The maximum absolute atomic E-state index is 13.0. The fraction of sp³-hybridized carbons (Fsp3) is 0.600. The highest BCUT2D eigenvalue weighted by Gasteiger charge is 2.32. The van der Waals surface area contributed by atoms with E-state index in [9.17, 15) is 18.9 Å². The van der Waals surface area contributed by atoms with Crippen LogP contribution < -0.4 is 21.8 Å². The Hall–Kier alpha value is -1.92. The van der Waals surface area contributed by atoms with Crippen molar-refractivity contribution < 1.29 is 28.2 Å². The van der Waals surface area contributed by atoms with Crippen molar-refractivity contribution in [1.82, 2.24) is 20.0 Å². The molecular weight excluding hydrogens is 425 g/mol. The molecule has 1 aromatic rings. The molecule has 162 valence electrons. The number of anilines is 1. The number of esters is 1. The number of nitrogens with two attached hydrogens (primary N) is 1. The van der Waals surface area contributed by atoms with Gasteiger partial charge in [0.2, 0.25) is 5.91 Å². The Kier molecular flexibility index (Phi) is 8.65. The van der Waals surface area contributed by atoms with E-state index in [1.54, 1.807) is 0 Å². The molecule has 1 aromatic heterocycles. The van der Waals surface area contributed by atoms with Crippen molar-refractivity contribution >= 4 is 35.8 Å². The highest BCUT2D eigenvalue weighted by molar-refractivity contribution is 8.56. The van der Waals surface area contributed by atoms with Crippen LogP contribution in [-0.2, 0) is 28.2 Å². The lowest BCUT2D eigenvalue weighted by Gasteiger charge is -2.21. The molecule has 1 fully saturated rings. The van der Waals surface area contributed by atoms with Gasteiger partial charge in [-0.3, -0.25) is 18.7 Å². The lowest BCUT2D eigenvalue weighted by molar-refractivity contribution is -0.139. The summed E-state index contributed by atoms with van der Waals surface area (Å²) in [5.41, 5.74) is 4.96. The summed E-state index contributed by atoms with van der Waals surface area (Å²) in [6.45, 7) is -3.98. The minimum absolute atomic E-state index is 0.0557. The van der Waals surface area contributed by atoms with Crippen molar-refractivity contribution in [2.75, 3.05) is 38.8 Å². The Morgan fingerprint density at radius 3 is 2.90 bits per heavy atom. The number of ether oxygens (including phenoxy) is 2. The lowest BCUT2D eigenvalue weighted by atomic mass is 10.2. The molecule has 12 nitrogen and oxygen atoms in total. The Balaban J connectivity index is 1.95. The molecule has 0 aliphatic carbocycles. The fourth-order valence-electron chi connectivity index (χ4n) is 2.42. The normalized spacial score (nSPS) is 20.8. The summed E-state index contributed by atoms with van der Waals surface area (Å²) in [5, 5.41) is 4.93. The zero-order valence-corrected chi connectivity index (χ0v) is 17.7. The van der Waals surface area contributed by atoms with Gasteiger partial charge in [-0.15, -0.1) is 0 Å². The molecule has 3 atom stereocenters. The van der Waals surface area contributed by atoms with Crippen molar-refractivity contribution in [3.63, 3.8) is 0 Å². The van der Waals surface area contributed by atoms with Crippen molar-refractivity contribution in [2.24, 2.45) is 0 Å². The number of amides is 1. The van der Waals surface area contributed by atoms with Gasteiger partial charge in [0.05, 0.1) is 25.6 Å². The van der Waals surface area contributed by atoms with E-state index < -0.39 is 30.7 Å². The molecule has 2 heterocycles. The van der Waals surface area contributed by atoms with Gasteiger partial charge in [0.25, 0.3) is 0 Å². The summed E-state index contributed by atoms with van der Waals surface area (Å²) in [4.78, 5) is 38.4. The first-order valence-corrected chi connectivity index (χ1v) is 11.9. The van der Waals surface area contributed by atoms with Gasteiger partial charge in [-0.25, -0.2) is 9.88 Å². The maximum Gasteiger partial charge on any atom is 0.351 e. The Morgan fingerprint density at radius 2 is 2.24 bits per heavy atom. The second kappa shape index (κ2) is 10.7. The fourth-order valence-corrected chi connectivity index (χ4v) is 5.53. The van der Waals surface area contributed by atoms with Crippen LogP contribution >= 0.6 is 18.1 Å². The topological polar surface area (TPSA) is 164 Å². The van der Waals surface area contributed by atoms with E-state index in [-0.39, 0.29) is 30.6 Å². The zero-order chi connectivity index (χ0) is 21.4. The van der Waals surface area contributed by atoms with Crippen LogP contribution in [0.3, 0.4) is 0 Å².